The molecule has 0 saturated carbocycles. The highest BCUT2D eigenvalue weighted by Gasteiger charge is 2.28. The minimum atomic E-state index is -3.81. The molecule has 1 fully saturated rings. The van der Waals surface area contributed by atoms with Crippen molar-refractivity contribution in [3.8, 4) is 0 Å². The molecule has 1 unspecified atom stereocenters. The van der Waals surface area contributed by atoms with Crippen LogP contribution in [-0.4, -0.2) is 58.7 Å². The van der Waals surface area contributed by atoms with Crippen molar-refractivity contribution in [2.45, 2.75) is 37.3 Å². The molecule has 0 bridgehead atoms. The zero-order chi connectivity index (χ0) is 22.3. The van der Waals surface area contributed by atoms with Gasteiger partial charge in [0.15, 0.2) is 5.03 Å². The average Bonchev–Trinajstić information content (AvgIpc) is 3.19. The van der Waals surface area contributed by atoms with Gasteiger partial charge in [0.05, 0.1) is 6.33 Å². The molecule has 0 radical (unpaired) electrons. The molecular weight excluding hydrogens is 420 g/mol. The van der Waals surface area contributed by atoms with Gasteiger partial charge in [0.1, 0.15) is 0 Å². The molecular formula is C20H28N6O4S. The maximum absolute atomic E-state index is 13.0. The first-order chi connectivity index (χ1) is 14.9. The van der Waals surface area contributed by atoms with Gasteiger partial charge in [-0.15, -0.1) is 0 Å². The molecule has 0 spiro atoms. The summed E-state index contributed by atoms with van der Waals surface area (Å²) in [7, 11) is -2.12. The lowest BCUT2D eigenvalue weighted by atomic mass is 9.98. The lowest BCUT2D eigenvalue weighted by molar-refractivity contribution is -0.126. The molecule has 31 heavy (non-hydrogen) atoms. The summed E-state index contributed by atoms with van der Waals surface area (Å²) in [6.07, 6.45) is 7.79. The number of aryl methyl sites for hydroxylation is 1. The largest absolute Gasteiger partial charge is 0.356 e. The van der Waals surface area contributed by atoms with Gasteiger partial charge in [-0.3, -0.25) is 14.6 Å². The third-order valence-electron chi connectivity index (χ3n) is 5.24. The third-order valence-corrected chi connectivity index (χ3v) is 7.02. The van der Waals surface area contributed by atoms with E-state index in [-0.39, 0.29) is 42.3 Å². The molecule has 1 saturated heterocycles. The van der Waals surface area contributed by atoms with Crippen LogP contribution in [0.15, 0.2) is 42.1 Å². The highest BCUT2D eigenvalue weighted by Crippen LogP contribution is 2.18. The molecule has 2 aromatic heterocycles. The van der Waals surface area contributed by atoms with E-state index in [0.717, 1.165) is 5.56 Å². The van der Waals surface area contributed by atoms with Crippen LogP contribution in [0.2, 0.25) is 0 Å². The van der Waals surface area contributed by atoms with Crippen molar-refractivity contribution >= 4 is 21.8 Å². The van der Waals surface area contributed by atoms with Crippen LogP contribution in [0.4, 0.5) is 0 Å². The summed E-state index contributed by atoms with van der Waals surface area (Å²) < 4.78 is 28.8. The Balaban J connectivity index is 1.66. The van der Waals surface area contributed by atoms with Gasteiger partial charge >= 0.3 is 0 Å². The quantitative estimate of drug-likeness (QED) is 0.683. The van der Waals surface area contributed by atoms with Crippen LogP contribution >= 0.6 is 0 Å². The molecule has 0 aliphatic carbocycles. The Morgan fingerprint density at radius 3 is 2.74 bits per heavy atom. The minimum Gasteiger partial charge on any atom is -0.356 e. The first kappa shape index (κ1) is 22.9. The molecule has 0 aromatic carbocycles. The Morgan fingerprint density at radius 1 is 1.26 bits per heavy atom. The van der Waals surface area contributed by atoms with E-state index < -0.39 is 10.0 Å². The van der Waals surface area contributed by atoms with Gasteiger partial charge in [0.25, 0.3) is 10.0 Å². The molecule has 1 aliphatic heterocycles. The number of carbonyl (C=O) groups is 2. The number of nitrogens with one attached hydrogen (secondary N) is 2. The van der Waals surface area contributed by atoms with Gasteiger partial charge in [0.2, 0.25) is 11.8 Å². The fraction of sp³-hybridized carbons (Fsp3) is 0.500. The summed E-state index contributed by atoms with van der Waals surface area (Å²) in [6.45, 7) is 1.06. The van der Waals surface area contributed by atoms with Gasteiger partial charge < -0.3 is 15.2 Å². The van der Waals surface area contributed by atoms with Crippen molar-refractivity contribution in [2.24, 2.45) is 13.0 Å². The number of aromatic nitrogens is 3. The predicted molar refractivity (Wildman–Crippen MR) is 113 cm³/mol. The van der Waals surface area contributed by atoms with Crippen molar-refractivity contribution in [3.63, 3.8) is 0 Å². The number of nitrogens with zero attached hydrogens (tertiary/aromatic N) is 4. The maximum Gasteiger partial charge on any atom is 0.262 e. The summed E-state index contributed by atoms with van der Waals surface area (Å²) in [5.41, 5.74) is 0.945. The number of carbonyl (C=O) groups excluding carboxylic acids is 2. The van der Waals surface area contributed by atoms with Gasteiger partial charge in [-0.25, -0.2) is 13.4 Å². The van der Waals surface area contributed by atoms with Crippen LogP contribution in [0, 0.1) is 5.92 Å². The lowest BCUT2D eigenvalue weighted by Gasteiger charge is -2.21. The van der Waals surface area contributed by atoms with E-state index in [0.29, 0.717) is 32.4 Å². The molecule has 3 rings (SSSR count). The zero-order valence-corrected chi connectivity index (χ0v) is 18.3. The monoisotopic (exact) mass is 448 g/mol. The highest BCUT2D eigenvalue weighted by atomic mass is 32.2. The normalized spacial score (nSPS) is 19.3. The standard InChI is InChI=1S/C20H28N6O4S/c1-25-14-19(24-15-25)31(29,30)26-11-2-3-17(6-10-22-18(27)7-12-26)20(28)23-13-16-4-8-21-9-5-16/h4-5,8-9,14-15,17H,2-3,6-7,10-13H2,1H3,(H,22,27)(H,23,28). The van der Waals surface area contributed by atoms with Crippen molar-refractivity contribution in [1.82, 2.24) is 29.5 Å². The van der Waals surface area contributed by atoms with E-state index in [4.69, 9.17) is 0 Å². The summed E-state index contributed by atoms with van der Waals surface area (Å²) >= 11 is 0. The van der Waals surface area contributed by atoms with Crippen molar-refractivity contribution in [3.05, 3.63) is 42.6 Å². The smallest absolute Gasteiger partial charge is 0.262 e. The molecule has 3 heterocycles. The van der Waals surface area contributed by atoms with Crippen LogP contribution in [0.5, 0.6) is 0 Å². The van der Waals surface area contributed by atoms with Crippen molar-refractivity contribution in [1.29, 1.82) is 0 Å². The molecule has 1 atom stereocenters. The molecule has 2 N–H and O–H groups in total. The lowest BCUT2D eigenvalue weighted by Crippen LogP contribution is -2.36. The zero-order valence-electron chi connectivity index (χ0n) is 17.5. The first-order valence-corrected chi connectivity index (χ1v) is 11.7. The minimum absolute atomic E-state index is 0.0445. The number of pyridine rings is 1. The van der Waals surface area contributed by atoms with Crippen LogP contribution in [0.25, 0.3) is 0 Å². The second kappa shape index (κ2) is 10.5. The topological polar surface area (TPSA) is 126 Å². The number of hydrogen-bond donors (Lipinski definition) is 2. The third kappa shape index (κ3) is 6.34. The Hall–Kier alpha value is -2.79. The Labute approximate surface area is 182 Å². The summed E-state index contributed by atoms with van der Waals surface area (Å²) in [5, 5.41) is 5.67. The fourth-order valence-electron chi connectivity index (χ4n) is 3.46. The Morgan fingerprint density at radius 2 is 2.03 bits per heavy atom. The van der Waals surface area contributed by atoms with Gasteiger partial charge in [-0.2, -0.15) is 4.31 Å². The molecule has 2 amide bonds. The van der Waals surface area contributed by atoms with Crippen LogP contribution in [0.1, 0.15) is 31.2 Å². The van der Waals surface area contributed by atoms with E-state index in [1.807, 2.05) is 12.1 Å². The summed E-state index contributed by atoms with van der Waals surface area (Å²) in [4.78, 5) is 32.8. The van der Waals surface area contributed by atoms with Gasteiger partial charge in [-0.1, -0.05) is 0 Å². The molecule has 10 nitrogen and oxygen atoms in total. The summed E-state index contributed by atoms with van der Waals surface area (Å²) in [6, 6.07) is 3.66. The van der Waals surface area contributed by atoms with E-state index in [1.165, 1.54) is 16.8 Å². The van der Waals surface area contributed by atoms with Gasteiger partial charge in [-0.05, 0) is 37.0 Å². The van der Waals surface area contributed by atoms with Crippen molar-refractivity contribution < 1.29 is 18.0 Å². The number of sulfonamides is 1. The molecule has 1 aliphatic rings. The number of amides is 2. The molecule has 168 valence electrons. The van der Waals surface area contributed by atoms with Gasteiger partial charge in [0, 0.05) is 64.2 Å². The number of rotatable bonds is 5. The molecule has 2 aromatic rings. The van der Waals surface area contributed by atoms with E-state index >= 15 is 0 Å². The predicted octanol–water partition coefficient (Wildman–Crippen LogP) is 0.429. The maximum atomic E-state index is 13.0. The second-order valence-corrected chi connectivity index (χ2v) is 9.47. The Kier molecular flexibility index (Phi) is 7.75. The number of hydrogen-bond acceptors (Lipinski definition) is 6. The van der Waals surface area contributed by atoms with Crippen molar-refractivity contribution in [2.75, 3.05) is 19.6 Å². The van der Waals surface area contributed by atoms with E-state index in [1.54, 1.807) is 24.0 Å². The molecule has 11 heteroatoms. The van der Waals surface area contributed by atoms with Crippen LogP contribution in [-0.2, 0) is 33.2 Å². The average molecular weight is 449 g/mol. The Bertz CT molecular complexity index is 992. The SMILES string of the molecule is Cn1cnc(S(=O)(=O)N2CCCC(C(=O)NCc3ccncc3)CCNC(=O)CC2)c1. The van der Waals surface area contributed by atoms with Crippen LogP contribution in [0.3, 0.4) is 0 Å². The van der Waals surface area contributed by atoms with Crippen LogP contribution < -0.4 is 10.6 Å². The fourth-order valence-corrected chi connectivity index (χ4v) is 4.91. The van der Waals surface area contributed by atoms with E-state index in [2.05, 4.69) is 20.6 Å². The highest BCUT2D eigenvalue weighted by molar-refractivity contribution is 7.89. The summed E-state index contributed by atoms with van der Waals surface area (Å²) in [5.74, 6) is -0.664. The van der Waals surface area contributed by atoms with E-state index in [9.17, 15) is 18.0 Å². The first-order valence-electron chi connectivity index (χ1n) is 10.3. The number of imidazole rings is 1. The second-order valence-electron chi connectivity index (χ2n) is 7.58.